The predicted molar refractivity (Wildman–Crippen MR) is 99.4 cm³/mol. The number of carboxylic acid groups (broad SMARTS) is 2. The van der Waals surface area contributed by atoms with Crippen molar-refractivity contribution >= 4 is 35.6 Å². The minimum absolute atomic E-state index is 0.347. The van der Waals surface area contributed by atoms with Crippen LogP contribution < -0.4 is 27.4 Å². The van der Waals surface area contributed by atoms with E-state index in [9.17, 15) is 33.9 Å². The van der Waals surface area contributed by atoms with Crippen molar-refractivity contribution in [3.63, 3.8) is 0 Å². The molecule has 0 radical (unpaired) electrons. The average Bonchev–Trinajstić information content (AvgIpc) is 2.60. The third-order valence-corrected chi connectivity index (χ3v) is 3.78. The first kappa shape index (κ1) is 26.7. The molecule has 4 amide bonds. The van der Waals surface area contributed by atoms with Crippen LogP contribution in [0.3, 0.4) is 0 Å². The van der Waals surface area contributed by atoms with Gasteiger partial charge in [-0.2, -0.15) is 0 Å². The Morgan fingerprint density at radius 1 is 0.867 bits per heavy atom. The summed E-state index contributed by atoms with van der Waals surface area (Å²) in [6.07, 6.45) is -3.05. The molecule has 30 heavy (non-hydrogen) atoms. The fraction of sp³-hybridized carbons (Fsp3) is 0.625. The van der Waals surface area contributed by atoms with E-state index in [1.54, 1.807) is 0 Å². The third kappa shape index (κ3) is 9.79. The summed E-state index contributed by atoms with van der Waals surface area (Å²) in [4.78, 5) is 69.5. The van der Waals surface area contributed by atoms with Crippen molar-refractivity contribution in [2.45, 2.75) is 63.4 Å². The molecule has 0 rings (SSSR count). The molecule has 0 aromatic carbocycles. The molecule has 0 aromatic heterocycles. The molecule has 0 spiro atoms. The molecule has 0 aliphatic rings. The van der Waals surface area contributed by atoms with Crippen LogP contribution in [0.15, 0.2) is 0 Å². The minimum Gasteiger partial charge on any atom is -0.481 e. The maximum Gasteiger partial charge on any atom is 0.326 e. The van der Waals surface area contributed by atoms with Crippen molar-refractivity contribution in [3.05, 3.63) is 0 Å². The fourth-order valence-electron chi connectivity index (χ4n) is 2.15. The summed E-state index contributed by atoms with van der Waals surface area (Å²) in [5.41, 5.74) is 10.4. The van der Waals surface area contributed by atoms with Crippen LogP contribution >= 0.6 is 0 Å². The van der Waals surface area contributed by atoms with Crippen LogP contribution in [-0.4, -0.2) is 81.2 Å². The second kappa shape index (κ2) is 12.3. The molecule has 5 atom stereocenters. The molecular formula is C16H27N5O9. The van der Waals surface area contributed by atoms with Gasteiger partial charge in [-0.1, -0.05) is 0 Å². The maximum absolute atomic E-state index is 12.5. The lowest BCUT2D eigenvalue weighted by Gasteiger charge is -2.25. The van der Waals surface area contributed by atoms with Gasteiger partial charge in [-0.3, -0.25) is 24.0 Å². The highest BCUT2D eigenvalue weighted by molar-refractivity contribution is 5.95. The maximum atomic E-state index is 12.5. The van der Waals surface area contributed by atoms with Crippen LogP contribution in [0, 0.1) is 0 Å². The molecule has 0 aromatic rings. The smallest absolute Gasteiger partial charge is 0.326 e. The molecule has 14 heteroatoms. The monoisotopic (exact) mass is 433 g/mol. The number of aliphatic carboxylic acids is 2. The lowest BCUT2D eigenvalue weighted by atomic mass is 10.1. The zero-order chi connectivity index (χ0) is 23.6. The zero-order valence-corrected chi connectivity index (χ0v) is 16.5. The second-order valence-electron chi connectivity index (χ2n) is 6.58. The highest BCUT2D eigenvalue weighted by Gasteiger charge is 2.32. The topological polar surface area (TPSA) is 251 Å². The van der Waals surface area contributed by atoms with Gasteiger partial charge in [-0.25, -0.2) is 4.79 Å². The van der Waals surface area contributed by atoms with Crippen molar-refractivity contribution in [1.29, 1.82) is 0 Å². The van der Waals surface area contributed by atoms with E-state index in [-0.39, 0.29) is 12.8 Å². The summed E-state index contributed by atoms with van der Waals surface area (Å²) in [5.74, 6) is -6.82. The molecule has 0 fully saturated rings. The minimum atomic E-state index is -1.80. The highest BCUT2D eigenvalue weighted by Crippen LogP contribution is 2.03. The Hall–Kier alpha value is -3.26. The van der Waals surface area contributed by atoms with Gasteiger partial charge in [0.05, 0.1) is 18.6 Å². The highest BCUT2D eigenvalue weighted by atomic mass is 16.4. The number of amides is 4. The van der Waals surface area contributed by atoms with Gasteiger partial charge in [0.15, 0.2) is 0 Å². The molecule has 0 heterocycles. The van der Waals surface area contributed by atoms with Crippen LogP contribution in [0.2, 0.25) is 0 Å². The van der Waals surface area contributed by atoms with Crippen molar-refractivity contribution in [2.75, 3.05) is 0 Å². The van der Waals surface area contributed by atoms with Crippen LogP contribution in [0.1, 0.15) is 33.1 Å². The predicted octanol–water partition coefficient (Wildman–Crippen LogP) is -4.01. The van der Waals surface area contributed by atoms with Gasteiger partial charge in [0.2, 0.25) is 23.6 Å². The van der Waals surface area contributed by atoms with E-state index in [1.807, 2.05) is 5.32 Å². The molecule has 0 aliphatic carbocycles. The summed E-state index contributed by atoms with van der Waals surface area (Å²) < 4.78 is 0. The molecule has 10 N–H and O–H groups in total. The number of carboxylic acids is 2. The number of hydrogen-bond donors (Lipinski definition) is 8. The Bertz CT molecular complexity index is 680. The number of carbonyl (C=O) groups is 6. The van der Waals surface area contributed by atoms with Gasteiger partial charge < -0.3 is 42.7 Å². The van der Waals surface area contributed by atoms with E-state index in [1.165, 1.54) is 13.8 Å². The summed E-state index contributed by atoms with van der Waals surface area (Å²) in [6, 6.07) is -5.82. The summed E-state index contributed by atoms with van der Waals surface area (Å²) in [5, 5.41) is 33.9. The second-order valence-corrected chi connectivity index (χ2v) is 6.58. The zero-order valence-electron chi connectivity index (χ0n) is 16.5. The molecule has 0 bridgehead atoms. The summed E-state index contributed by atoms with van der Waals surface area (Å²) >= 11 is 0. The molecule has 0 aliphatic heterocycles. The van der Waals surface area contributed by atoms with Crippen LogP contribution in [0.25, 0.3) is 0 Å². The normalized spacial score (nSPS) is 15.6. The lowest BCUT2D eigenvalue weighted by Crippen LogP contribution is -2.59. The lowest BCUT2D eigenvalue weighted by molar-refractivity contribution is -0.147. The molecule has 14 nitrogen and oxygen atoms in total. The van der Waals surface area contributed by atoms with Crippen molar-refractivity contribution < 1.29 is 44.1 Å². The van der Waals surface area contributed by atoms with Gasteiger partial charge >= 0.3 is 11.9 Å². The van der Waals surface area contributed by atoms with Gasteiger partial charge in [-0.15, -0.1) is 0 Å². The van der Waals surface area contributed by atoms with Crippen molar-refractivity contribution in [2.24, 2.45) is 11.5 Å². The molecule has 5 unspecified atom stereocenters. The fourth-order valence-corrected chi connectivity index (χ4v) is 2.15. The van der Waals surface area contributed by atoms with E-state index < -0.39 is 72.3 Å². The number of aliphatic hydroxyl groups excluding tert-OH is 1. The Balaban J connectivity index is 5.47. The third-order valence-electron chi connectivity index (χ3n) is 3.78. The van der Waals surface area contributed by atoms with E-state index in [2.05, 4.69) is 10.6 Å². The number of aliphatic hydroxyl groups is 1. The SMILES string of the molecule is CC(N)C(=O)NC(C(=O)NC(CCC(N)=O)C(=O)NC(CC(=O)O)C(=O)O)C(C)O. The van der Waals surface area contributed by atoms with Crippen LogP contribution in [0.5, 0.6) is 0 Å². The Morgan fingerprint density at radius 2 is 1.40 bits per heavy atom. The average molecular weight is 433 g/mol. The molecule has 0 saturated heterocycles. The van der Waals surface area contributed by atoms with Gasteiger partial charge in [0.25, 0.3) is 0 Å². The van der Waals surface area contributed by atoms with E-state index in [0.717, 1.165) is 0 Å². The first-order valence-electron chi connectivity index (χ1n) is 8.83. The van der Waals surface area contributed by atoms with Gasteiger partial charge in [0, 0.05) is 6.42 Å². The van der Waals surface area contributed by atoms with E-state index >= 15 is 0 Å². The van der Waals surface area contributed by atoms with Crippen molar-refractivity contribution in [3.8, 4) is 0 Å². The standard InChI is InChI=1S/C16H27N5O9/c1-6(17)13(26)21-12(7(2)22)15(28)19-8(3-4-10(18)23)14(27)20-9(16(29)30)5-11(24)25/h6-9,12,22H,3-5,17H2,1-2H3,(H2,18,23)(H,19,28)(H,20,27)(H,21,26)(H,24,25)(H,29,30). The number of primary amides is 1. The summed E-state index contributed by atoms with van der Waals surface area (Å²) in [7, 11) is 0. The van der Waals surface area contributed by atoms with Gasteiger partial charge in [-0.05, 0) is 20.3 Å². The van der Waals surface area contributed by atoms with Crippen LogP contribution in [0.4, 0.5) is 0 Å². The Morgan fingerprint density at radius 3 is 1.80 bits per heavy atom. The van der Waals surface area contributed by atoms with E-state index in [0.29, 0.717) is 0 Å². The Kier molecular flexibility index (Phi) is 11.0. The number of nitrogens with two attached hydrogens (primary N) is 2. The number of rotatable bonds is 13. The first-order valence-corrected chi connectivity index (χ1v) is 8.83. The Labute approximate surface area is 171 Å². The van der Waals surface area contributed by atoms with Crippen molar-refractivity contribution in [1.82, 2.24) is 16.0 Å². The molecule has 0 saturated carbocycles. The number of carbonyl (C=O) groups excluding carboxylic acids is 4. The molecule has 170 valence electrons. The number of nitrogens with one attached hydrogen (secondary N) is 3. The number of hydrogen-bond acceptors (Lipinski definition) is 8. The van der Waals surface area contributed by atoms with Crippen LogP contribution in [-0.2, 0) is 28.8 Å². The summed E-state index contributed by atoms with van der Waals surface area (Å²) in [6.45, 7) is 2.53. The largest absolute Gasteiger partial charge is 0.481 e. The van der Waals surface area contributed by atoms with Gasteiger partial charge in [0.1, 0.15) is 18.1 Å². The first-order chi connectivity index (χ1) is 13.8. The quantitative estimate of drug-likeness (QED) is 0.140. The molecular weight excluding hydrogens is 406 g/mol. The van der Waals surface area contributed by atoms with E-state index in [4.69, 9.17) is 21.7 Å².